The molecule has 1 saturated heterocycles. The maximum absolute atomic E-state index is 8.42. The topological polar surface area (TPSA) is 93.1 Å². The summed E-state index contributed by atoms with van der Waals surface area (Å²) in [4.78, 5) is 2.06. The summed E-state index contributed by atoms with van der Waals surface area (Å²) in [6, 6.07) is 0.296. The van der Waals surface area contributed by atoms with Crippen molar-refractivity contribution in [3.8, 4) is 0 Å². The second-order valence-corrected chi connectivity index (χ2v) is 4.86. The average molecular weight is 262 g/mol. The molecule has 0 radical (unpaired) electrons. The van der Waals surface area contributed by atoms with Crippen LogP contribution in [0.5, 0.6) is 0 Å². The molecule has 0 bridgehead atoms. The summed E-state index contributed by atoms with van der Waals surface area (Å²) >= 11 is 0. The molecule has 0 aromatic carbocycles. The fraction of sp³-hybridized carbons (Fsp3) is 0.583. The maximum atomic E-state index is 8.42. The van der Waals surface area contributed by atoms with Crippen molar-refractivity contribution in [2.24, 2.45) is 5.73 Å². The van der Waals surface area contributed by atoms with E-state index in [4.69, 9.17) is 15.9 Å². The Hall–Kier alpha value is -1.89. The molecule has 3 heterocycles. The van der Waals surface area contributed by atoms with E-state index in [-0.39, 0.29) is 12.1 Å². The molecule has 1 atom stereocenters. The van der Waals surface area contributed by atoms with Crippen molar-refractivity contribution in [2.75, 3.05) is 13.2 Å². The zero-order chi connectivity index (χ0) is 13.6. The van der Waals surface area contributed by atoms with Crippen molar-refractivity contribution in [1.82, 2.24) is 19.7 Å². The van der Waals surface area contributed by atoms with Gasteiger partial charge in [0.1, 0.15) is 17.4 Å². The van der Waals surface area contributed by atoms with Gasteiger partial charge in [-0.25, -0.2) is 0 Å². The highest BCUT2D eigenvalue weighted by molar-refractivity contribution is 6.16. The second kappa shape index (κ2) is 4.34. The number of aryl methyl sites for hydroxylation is 1. The number of nitrogens with one attached hydrogen (secondary N) is 1. The number of hydrogen-bond acceptors (Lipinski definition) is 5. The third kappa shape index (κ3) is 1.58. The molecule has 0 aliphatic carbocycles. The van der Waals surface area contributed by atoms with Crippen molar-refractivity contribution in [3.05, 3.63) is 17.8 Å². The lowest BCUT2D eigenvalue weighted by Gasteiger charge is -2.46. The Morgan fingerprint density at radius 3 is 2.74 bits per heavy atom. The summed E-state index contributed by atoms with van der Waals surface area (Å²) in [5, 5.41) is 16.8. The highest BCUT2D eigenvalue weighted by atomic mass is 16.5. The molecule has 3 rings (SSSR count). The zero-order valence-corrected chi connectivity index (χ0v) is 11.1. The van der Waals surface area contributed by atoms with Crippen molar-refractivity contribution in [2.45, 2.75) is 32.4 Å². The fourth-order valence-electron chi connectivity index (χ4n) is 2.76. The van der Waals surface area contributed by atoms with Crippen LogP contribution in [0.2, 0.25) is 0 Å². The Morgan fingerprint density at radius 2 is 2.21 bits per heavy atom. The van der Waals surface area contributed by atoms with Crippen LogP contribution >= 0.6 is 0 Å². The lowest BCUT2D eigenvalue weighted by molar-refractivity contribution is -0.0551. The van der Waals surface area contributed by atoms with Crippen LogP contribution in [0.3, 0.4) is 0 Å². The molecule has 2 aliphatic heterocycles. The molecule has 1 fully saturated rings. The standard InChI is InChI=1S/C12H18N6O/c1-3-9-12-16-15-7(2)17(12)10(4-13)11(14)18(9)8-5-19-6-8/h4,8-9,14H,3,5-6,13H2,1-2H3/b10-4+,14-11?/t9-/m1/s1. The van der Waals surface area contributed by atoms with Crippen LogP contribution in [-0.4, -0.2) is 44.8 Å². The van der Waals surface area contributed by atoms with Crippen LogP contribution in [0.25, 0.3) is 5.70 Å². The second-order valence-electron chi connectivity index (χ2n) is 4.86. The molecule has 7 heteroatoms. The highest BCUT2D eigenvalue weighted by Crippen LogP contribution is 2.35. The van der Waals surface area contributed by atoms with Gasteiger partial charge in [0.15, 0.2) is 5.82 Å². The predicted molar refractivity (Wildman–Crippen MR) is 70.4 cm³/mol. The Labute approximate surface area is 111 Å². The van der Waals surface area contributed by atoms with E-state index in [1.54, 1.807) is 0 Å². The van der Waals surface area contributed by atoms with Gasteiger partial charge in [0.2, 0.25) is 0 Å². The van der Waals surface area contributed by atoms with Gasteiger partial charge in [-0.15, -0.1) is 10.2 Å². The molecular weight excluding hydrogens is 244 g/mol. The number of ether oxygens (including phenoxy) is 1. The molecule has 1 aromatic heterocycles. The van der Waals surface area contributed by atoms with Gasteiger partial charge in [-0.05, 0) is 13.3 Å². The number of aromatic nitrogens is 3. The first kappa shape index (κ1) is 12.2. The average Bonchev–Trinajstić information content (AvgIpc) is 2.71. The lowest BCUT2D eigenvalue weighted by atomic mass is 10.0. The number of nitrogens with zero attached hydrogens (tertiary/aromatic N) is 4. The first-order valence-corrected chi connectivity index (χ1v) is 6.48. The molecule has 3 N–H and O–H groups in total. The molecule has 19 heavy (non-hydrogen) atoms. The van der Waals surface area contributed by atoms with E-state index in [0.29, 0.717) is 24.7 Å². The number of hydrogen-bond donors (Lipinski definition) is 2. The van der Waals surface area contributed by atoms with Crippen molar-refractivity contribution in [3.63, 3.8) is 0 Å². The molecular formula is C12H18N6O. The monoisotopic (exact) mass is 262 g/mol. The van der Waals surface area contributed by atoms with E-state index in [1.165, 1.54) is 6.20 Å². The third-order valence-corrected chi connectivity index (χ3v) is 3.78. The molecule has 0 spiro atoms. The van der Waals surface area contributed by atoms with Crippen LogP contribution in [0.15, 0.2) is 6.20 Å². The van der Waals surface area contributed by atoms with E-state index >= 15 is 0 Å². The molecule has 0 unspecified atom stereocenters. The van der Waals surface area contributed by atoms with E-state index in [0.717, 1.165) is 18.1 Å². The van der Waals surface area contributed by atoms with Crippen molar-refractivity contribution < 1.29 is 4.74 Å². The summed E-state index contributed by atoms with van der Waals surface area (Å²) in [5.41, 5.74) is 6.36. The zero-order valence-electron chi connectivity index (χ0n) is 11.1. The Balaban J connectivity index is 2.12. The third-order valence-electron chi connectivity index (χ3n) is 3.78. The quantitative estimate of drug-likeness (QED) is 0.809. The fourth-order valence-corrected chi connectivity index (χ4v) is 2.76. The van der Waals surface area contributed by atoms with Crippen LogP contribution in [0.4, 0.5) is 0 Å². The van der Waals surface area contributed by atoms with Gasteiger partial charge < -0.3 is 15.4 Å². The van der Waals surface area contributed by atoms with Gasteiger partial charge in [0, 0.05) is 6.20 Å². The van der Waals surface area contributed by atoms with Gasteiger partial charge in [-0.3, -0.25) is 9.98 Å². The van der Waals surface area contributed by atoms with E-state index < -0.39 is 0 Å². The lowest BCUT2D eigenvalue weighted by Crippen LogP contribution is -2.55. The SMILES string of the molecule is CC[C@@H]1c2nnc(C)n2/C(=C/N)C(=N)N1C1COC1. The molecule has 0 saturated carbocycles. The summed E-state index contributed by atoms with van der Waals surface area (Å²) in [6.45, 7) is 5.28. The molecule has 0 amide bonds. The number of fused-ring (bicyclic) bond motifs is 1. The van der Waals surface area contributed by atoms with E-state index in [2.05, 4.69) is 22.0 Å². The van der Waals surface area contributed by atoms with Crippen molar-refractivity contribution in [1.29, 1.82) is 5.41 Å². The normalized spacial score (nSPS) is 25.6. The van der Waals surface area contributed by atoms with Crippen molar-refractivity contribution >= 4 is 11.5 Å². The summed E-state index contributed by atoms with van der Waals surface area (Å²) in [6.07, 6.45) is 2.33. The van der Waals surface area contributed by atoms with Crippen LogP contribution in [-0.2, 0) is 4.74 Å². The largest absolute Gasteiger partial charge is 0.403 e. The molecule has 2 aliphatic rings. The van der Waals surface area contributed by atoms with E-state index in [9.17, 15) is 0 Å². The summed E-state index contributed by atoms with van der Waals surface area (Å²) in [5.74, 6) is 2.05. The summed E-state index contributed by atoms with van der Waals surface area (Å²) < 4.78 is 7.14. The predicted octanol–water partition coefficient (Wildman–Crippen LogP) is 0.486. The maximum Gasteiger partial charge on any atom is 0.160 e. The molecule has 1 aromatic rings. The van der Waals surface area contributed by atoms with E-state index in [1.807, 2.05) is 11.5 Å². The van der Waals surface area contributed by atoms with Gasteiger partial charge in [0.25, 0.3) is 0 Å². The van der Waals surface area contributed by atoms with Gasteiger partial charge in [0.05, 0.1) is 25.3 Å². The number of nitrogens with two attached hydrogens (primary N) is 1. The molecule has 102 valence electrons. The first-order chi connectivity index (χ1) is 9.19. The highest BCUT2D eigenvalue weighted by Gasteiger charge is 2.41. The van der Waals surface area contributed by atoms with Crippen LogP contribution in [0.1, 0.15) is 31.0 Å². The smallest absolute Gasteiger partial charge is 0.160 e. The summed E-state index contributed by atoms with van der Waals surface area (Å²) in [7, 11) is 0. The molecule has 7 nitrogen and oxygen atoms in total. The number of amidine groups is 1. The first-order valence-electron chi connectivity index (χ1n) is 6.48. The Morgan fingerprint density at radius 1 is 1.47 bits per heavy atom. The minimum absolute atomic E-state index is 0.0614. The van der Waals surface area contributed by atoms with Crippen LogP contribution in [0, 0.1) is 12.3 Å². The van der Waals surface area contributed by atoms with Gasteiger partial charge in [-0.1, -0.05) is 6.92 Å². The van der Waals surface area contributed by atoms with Gasteiger partial charge in [-0.2, -0.15) is 0 Å². The minimum Gasteiger partial charge on any atom is -0.403 e. The van der Waals surface area contributed by atoms with Gasteiger partial charge >= 0.3 is 0 Å². The minimum atomic E-state index is 0.0614. The van der Waals surface area contributed by atoms with Crippen LogP contribution < -0.4 is 5.73 Å². The Bertz CT molecular complexity index is 544. The Kier molecular flexibility index (Phi) is 2.78. The number of rotatable bonds is 2.